The van der Waals surface area contributed by atoms with Crippen molar-refractivity contribution in [1.82, 2.24) is 25.2 Å². The Morgan fingerprint density at radius 2 is 2.00 bits per heavy atom. The first kappa shape index (κ1) is 29.8. The topological polar surface area (TPSA) is 105 Å². The number of benzene rings is 2. The van der Waals surface area contributed by atoms with Crippen molar-refractivity contribution < 1.29 is 28.1 Å². The number of phenols is 1. The Balaban J connectivity index is 1.18. The molecule has 0 unspecified atom stereocenters. The van der Waals surface area contributed by atoms with E-state index < -0.39 is 11.6 Å². The number of nitrogens with one attached hydrogen (secondary N) is 1. The lowest BCUT2D eigenvalue weighted by Gasteiger charge is -2.40. The highest BCUT2D eigenvalue weighted by Crippen LogP contribution is 2.48. The molecule has 2 N–H and O–H groups in total. The molecular formula is C36H36F2N6O4. The van der Waals surface area contributed by atoms with Gasteiger partial charge in [0.1, 0.15) is 40.6 Å². The average Bonchev–Trinajstić information content (AvgIpc) is 3.84. The molecule has 2 bridgehead atoms. The second-order valence-electron chi connectivity index (χ2n) is 13.9. The highest BCUT2D eigenvalue weighted by Gasteiger charge is 2.46. The molecule has 2 aromatic carbocycles. The van der Waals surface area contributed by atoms with E-state index in [9.17, 15) is 9.50 Å². The van der Waals surface area contributed by atoms with Crippen molar-refractivity contribution in [3.05, 3.63) is 41.5 Å². The van der Waals surface area contributed by atoms with E-state index in [0.717, 1.165) is 65.0 Å². The first-order valence-electron chi connectivity index (χ1n) is 16.8. The molecular weight excluding hydrogens is 618 g/mol. The summed E-state index contributed by atoms with van der Waals surface area (Å²) in [7, 11) is 0. The van der Waals surface area contributed by atoms with Gasteiger partial charge >= 0.3 is 6.01 Å². The van der Waals surface area contributed by atoms with Gasteiger partial charge in [0, 0.05) is 61.2 Å². The predicted molar refractivity (Wildman–Crippen MR) is 175 cm³/mol. The molecule has 0 radical (unpaired) electrons. The molecule has 4 aliphatic heterocycles. The number of phenolic OH excluding ortho intramolecular Hbond substituents is 1. The van der Waals surface area contributed by atoms with E-state index in [2.05, 4.69) is 26.0 Å². The van der Waals surface area contributed by atoms with Crippen LogP contribution in [0, 0.1) is 29.4 Å². The summed E-state index contributed by atoms with van der Waals surface area (Å²) < 4.78 is 50.5. The zero-order chi connectivity index (χ0) is 32.6. The van der Waals surface area contributed by atoms with Crippen LogP contribution in [-0.4, -0.2) is 95.7 Å². The van der Waals surface area contributed by atoms with Crippen molar-refractivity contribution in [1.29, 1.82) is 0 Å². The van der Waals surface area contributed by atoms with Crippen molar-refractivity contribution in [2.24, 2.45) is 5.41 Å². The lowest BCUT2D eigenvalue weighted by Crippen LogP contribution is -2.60. The smallest absolute Gasteiger partial charge is 0.319 e. The van der Waals surface area contributed by atoms with E-state index in [1.807, 2.05) is 0 Å². The van der Waals surface area contributed by atoms with E-state index in [0.29, 0.717) is 36.3 Å². The van der Waals surface area contributed by atoms with Gasteiger partial charge in [0.05, 0.1) is 24.8 Å². The number of halogens is 2. The molecule has 12 heteroatoms. The van der Waals surface area contributed by atoms with E-state index in [-0.39, 0.29) is 68.9 Å². The summed E-state index contributed by atoms with van der Waals surface area (Å²) in [5.41, 5.74) is -0.0861. The molecule has 48 heavy (non-hydrogen) atoms. The molecule has 1 saturated carbocycles. The fourth-order valence-corrected chi connectivity index (χ4v) is 8.09. The van der Waals surface area contributed by atoms with Crippen LogP contribution in [0.15, 0.2) is 24.3 Å². The summed E-state index contributed by atoms with van der Waals surface area (Å²) in [4.78, 5) is 18.9. The molecule has 9 rings (SSSR count). The molecule has 2 aromatic heterocycles. The molecule has 3 atom stereocenters. The van der Waals surface area contributed by atoms with Gasteiger partial charge in [-0.1, -0.05) is 12.0 Å². The zero-order valence-corrected chi connectivity index (χ0v) is 26.5. The molecule has 0 spiro atoms. The van der Waals surface area contributed by atoms with E-state index in [1.54, 1.807) is 0 Å². The Morgan fingerprint density at radius 1 is 1.10 bits per heavy atom. The molecule has 5 aliphatic rings. The van der Waals surface area contributed by atoms with Crippen molar-refractivity contribution in [3.63, 3.8) is 0 Å². The van der Waals surface area contributed by atoms with Gasteiger partial charge in [0.2, 0.25) is 5.88 Å². The third kappa shape index (κ3) is 4.98. The standard InChI is InChI=1S/C36H36F2N6O4/c1-2-23-25(37)6-4-20-14-22(45)15-24(28(20)23)31-30(38)32-29-33(44-16-21-5-7-26(39-21)27(44)17-47-34(29)40-31)42-35(41-32)48-19-36(8-9-36)18-43-10-3-12-46-13-11-43/h1,4,6,14-15,21,26-27,39,45H,3,5,7-13,16-19H2/t21-,26+,27-/m1/s1. The molecule has 1 aliphatic carbocycles. The van der Waals surface area contributed by atoms with Crippen LogP contribution in [0.4, 0.5) is 14.6 Å². The van der Waals surface area contributed by atoms with E-state index >= 15 is 4.39 Å². The number of terminal acetylenes is 1. The van der Waals surface area contributed by atoms with Crippen LogP contribution in [0.2, 0.25) is 0 Å². The van der Waals surface area contributed by atoms with Crippen molar-refractivity contribution in [2.75, 3.05) is 57.5 Å². The minimum Gasteiger partial charge on any atom is -0.508 e. The number of hydrogen-bond acceptors (Lipinski definition) is 10. The van der Waals surface area contributed by atoms with Gasteiger partial charge < -0.3 is 34.4 Å². The van der Waals surface area contributed by atoms with Gasteiger partial charge in [-0.3, -0.25) is 0 Å². The lowest BCUT2D eigenvalue weighted by molar-refractivity contribution is 0.127. The number of rotatable bonds is 6. The summed E-state index contributed by atoms with van der Waals surface area (Å²) in [6, 6.07) is 6.03. The summed E-state index contributed by atoms with van der Waals surface area (Å²) in [5.74, 6) is 1.58. The average molecular weight is 655 g/mol. The van der Waals surface area contributed by atoms with Crippen LogP contribution >= 0.6 is 0 Å². The number of hydrogen-bond donors (Lipinski definition) is 2. The maximum Gasteiger partial charge on any atom is 0.319 e. The second-order valence-corrected chi connectivity index (χ2v) is 13.9. The number of aromatic hydroxyl groups is 1. The first-order chi connectivity index (χ1) is 23.4. The fourth-order valence-electron chi connectivity index (χ4n) is 8.09. The zero-order valence-electron chi connectivity index (χ0n) is 26.5. The fraction of sp³-hybridized carbons (Fsp3) is 0.472. The number of piperazine rings is 1. The maximum absolute atomic E-state index is 17.1. The van der Waals surface area contributed by atoms with Crippen molar-refractivity contribution in [2.45, 2.75) is 50.2 Å². The Hall–Kier alpha value is -4.31. The Bertz CT molecular complexity index is 1990. The van der Waals surface area contributed by atoms with Crippen LogP contribution in [0.25, 0.3) is 32.9 Å². The van der Waals surface area contributed by atoms with Crippen LogP contribution in [0.1, 0.15) is 37.7 Å². The van der Waals surface area contributed by atoms with Gasteiger partial charge in [-0.15, -0.1) is 6.42 Å². The molecule has 10 nitrogen and oxygen atoms in total. The molecule has 0 amide bonds. The molecule has 4 aromatic rings. The van der Waals surface area contributed by atoms with Gasteiger partial charge in [0.25, 0.3) is 0 Å². The third-order valence-electron chi connectivity index (χ3n) is 10.7. The summed E-state index contributed by atoms with van der Waals surface area (Å²) in [5, 5.41) is 15.4. The second kappa shape index (κ2) is 11.4. The Labute approximate surface area is 276 Å². The minimum atomic E-state index is -0.757. The lowest BCUT2D eigenvalue weighted by atomic mass is 9.95. The van der Waals surface area contributed by atoms with Gasteiger partial charge in [-0.25, -0.2) is 13.8 Å². The van der Waals surface area contributed by atoms with Crippen LogP contribution in [-0.2, 0) is 4.74 Å². The highest BCUT2D eigenvalue weighted by atomic mass is 19.1. The summed E-state index contributed by atoms with van der Waals surface area (Å²) in [6.45, 7) is 5.70. The van der Waals surface area contributed by atoms with E-state index in [1.165, 1.54) is 24.3 Å². The molecule has 4 fully saturated rings. The maximum atomic E-state index is 17.1. The summed E-state index contributed by atoms with van der Waals surface area (Å²) in [6.07, 6.45) is 10.9. The number of aromatic nitrogens is 3. The van der Waals surface area contributed by atoms with E-state index in [4.69, 9.17) is 30.6 Å². The monoisotopic (exact) mass is 654 g/mol. The Kier molecular flexibility index (Phi) is 7.08. The normalized spacial score (nSPS) is 24.4. The van der Waals surface area contributed by atoms with Crippen LogP contribution < -0.4 is 19.7 Å². The number of fused-ring (bicyclic) bond motifs is 6. The minimum absolute atomic E-state index is 0.00815. The third-order valence-corrected chi connectivity index (χ3v) is 10.7. The molecule has 6 heterocycles. The van der Waals surface area contributed by atoms with Crippen LogP contribution in [0.5, 0.6) is 17.6 Å². The summed E-state index contributed by atoms with van der Waals surface area (Å²) >= 11 is 0. The molecule has 3 saturated heterocycles. The number of pyridine rings is 1. The van der Waals surface area contributed by atoms with Gasteiger partial charge in [-0.05, 0) is 55.7 Å². The first-order valence-corrected chi connectivity index (χ1v) is 16.8. The van der Waals surface area contributed by atoms with Gasteiger partial charge in [-0.2, -0.15) is 9.97 Å². The molecule has 248 valence electrons. The largest absolute Gasteiger partial charge is 0.508 e. The number of nitrogens with zero attached hydrogens (tertiary/aromatic N) is 5. The quantitative estimate of drug-likeness (QED) is 0.291. The SMILES string of the molecule is C#Cc1c(F)ccc2cc(O)cc(-c3nc4c5c(nc(OCC6(CN7CCCOCC7)CC6)nc5c3F)N3C[C@H]5CC[C@H](N5)[C@H]3CO4)c12. The number of anilines is 1. The van der Waals surface area contributed by atoms with Crippen molar-refractivity contribution >= 4 is 27.5 Å². The Morgan fingerprint density at radius 3 is 2.85 bits per heavy atom. The van der Waals surface area contributed by atoms with Crippen LogP contribution in [0.3, 0.4) is 0 Å². The predicted octanol–water partition coefficient (Wildman–Crippen LogP) is 4.39. The van der Waals surface area contributed by atoms with Gasteiger partial charge in [0.15, 0.2) is 5.82 Å². The highest BCUT2D eigenvalue weighted by molar-refractivity contribution is 6.04. The van der Waals surface area contributed by atoms with Crippen molar-refractivity contribution in [3.8, 4) is 41.2 Å². The number of ether oxygens (including phenoxy) is 3.